The molecule has 2 saturated heterocycles. The van der Waals surface area contributed by atoms with E-state index in [2.05, 4.69) is 5.32 Å². The normalized spacial score (nSPS) is 37.0. The highest BCUT2D eigenvalue weighted by atomic mass is 16.7. The lowest BCUT2D eigenvalue weighted by molar-refractivity contribution is -0.341. The Labute approximate surface area is 134 Å². The van der Waals surface area contributed by atoms with Crippen molar-refractivity contribution >= 4 is 5.91 Å². The number of aliphatic hydroxyl groups excluding tert-OH is 1. The van der Waals surface area contributed by atoms with Crippen molar-refractivity contribution in [3.05, 3.63) is 35.9 Å². The third kappa shape index (κ3) is 3.39. The molecule has 0 saturated carbocycles. The molecule has 3 rings (SSSR count). The zero-order valence-electron chi connectivity index (χ0n) is 13.0. The van der Waals surface area contributed by atoms with Gasteiger partial charge in [-0.15, -0.1) is 0 Å². The lowest BCUT2D eigenvalue weighted by Gasteiger charge is -2.47. The van der Waals surface area contributed by atoms with Gasteiger partial charge in [-0.2, -0.15) is 0 Å². The number of aliphatic hydroxyl groups is 1. The smallest absolute Gasteiger partial charge is 0.217 e. The van der Waals surface area contributed by atoms with E-state index in [1.54, 1.807) is 0 Å². The highest BCUT2D eigenvalue weighted by Crippen LogP contribution is 2.34. The number of nitrogens with one attached hydrogen (secondary N) is 1. The molecule has 0 aromatic heterocycles. The number of carbonyl (C=O) groups excluding carboxylic acids is 1. The first-order valence-electron chi connectivity index (χ1n) is 7.55. The largest absolute Gasteiger partial charge is 0.388 e. The topological polar surface area (TPSA) is 86.2 Å². The van der Waals surface area contributed by atoms with Gasteiger partial charge in [0.1, 0.15) is 24.4 Å². The van der Waals surface area contributed by atoms with Gasteiger partial charge in [0.25, 0.3) is 0 Å². The summed E-state index contributed by atoms with van der Waals surface area (Å²) in [6, 6.07) is 8.78. The van der Waals surface area contributed by atoms with Crippen LogP contribution >= 0.6 is 0 Å². The number of amides is 1. The fourth-order valence-electron chi connectivity index (χ4n) is 2.96. The maximum absolute atomic E-state index is 11.4. The molecule has 1 aromatic carbocycles. The summed E-state index contributed by atoms with van der Waals surface area (Å²) in [5.74, 6) is -0.273. The quantitative estimate of drug-likeness (QED) is 0.834. The number of rotatable bonds is 3. The molecule has 2 fully saturated rings. The Morgan fingerprint density at radius 3 is 2.70 bits per heavy atom. The molecule has 1 amide bonds. The molecule has 0 aliphatic carbocycles. The van der Waals surface area contributed by atoms with Gasteiger partial charge in [0.15, 0.2) is 12.6 Å². The van der Waals surface area contributed by atoms with Crippen molar-refractivity contribution in [1.29, 1.82) is 0 Å². The average molecular weight is 323 g/mol. The van der Waals surface area contributed by atoms with Crippen LogP contribution in [0.4, 0.5) is 0 Å². The van der Waals surface area contributed by atoms with Crippen LogP contribution in [0.5, 0.6) is 0 Å². The van der Waals surface area contributed by atoms with E-state index in [4.69, 9.17) is 18.9 Å². The van der Waals surface area contributed by atoms with Crippen molar-refractivity contribution in [3.8, 4) is 0 Å². The number of hydrogen-bond acceptors (Lipinski definition) is 6. The Balaban J connectivity index is 1.76. The lowest BCUT2D eigenvalue weighted by Crippen LogP contribution is -2.66. The van der Waals surface area contributed by atoms with Crippen molar-refractivity contribution in [1.82, 2.24) is 5.32 Å². The lowest BCUT2D eigenvalue weighted by atomic mass is 9.95. The summed E-state index contributed by atoms with van der Waals surface area (Å²) in [5, 5.41) is 13.3. The first-order valence-corrected chi connectivity index (χ1v) is 7.55. The van der Waals surface area contributed by atoms with Crippen molar-refractivity contribution < 1.29 is 28.8 Å². The van der Waals surface area contributed by atoms with Crippen LogP contribution < -0.4 is 5.32 Å². The van der Waals surface area contributed by atoms with Crippen molar-refractivity contribution in [2.75, 3.05) is 13.7 Å². The first-order chi connectivity index (χ1) is 11.1. The maximum Gasteiger partial charge on any atom is 0.217 e. The number of benzene rings is 1. The van der Waals surface area contributed by atoms with E-state index in [9.17, 15) is 9.90 Å². The van der Waals surface area contributed by atoms with Gasteiger partial charge in [0, 0.05) is 19.6 Å². The molecule has 2 aliphatic rings. The molecule has 2 N–H and O–H groups in total. The summed E-state index contributed by atoms with van der Waals surface area (Å²) in [5.41, 5.74) is 0.864. The summed E-state index contributed by atoms with van der Waals surface area (Å²) in [7, 11) is 1.46. The molecule has 0 spiro atoms. The minimum absolute atomic E-state index is 0.272. The first kappa shape index (κ1) is 16.4. The molecule has 0 bridgehead atoms. The molecule has 0 unspecified atom stereocenters. The standard InChI is InChI=1S/C16H21NO6/c1-9(18)17-12-13(19)14-11(22-16(12)20-2)8-21-15(23-14)10-6-4-3-5-7-10/h3-7,11-16,19H,8H2,1-2H3,(H,17,18)/t11-,12-,13-,14-,15-,16+/m1/s1. The second kappa shape index (κ2) is 6.94. The van der Waals surface area contributed by atoms with E-state index in [1.807, 2.05) is 30.3 Å². The van der Waals surface area contributed by atoms with Crippen LogP contribution in [-0.4, -0.2) is 55.4 Å². The van der Waals surface area contributed by atoms with Crippen LogP contribution in [0.3, 0.4) is 0 Å². The van der Waals surface area contributed by atoms with Gasteiger partial charge in [-0.05, 0) is 0 Å². The predicted molar refractivity (Wildman–Crippen MR) is 79.3 cm³/mol. The van der Waals surface area contributed by atoms with E-state index < -0.39 is 36.9 Å². The van der Waals surface area contributed by atoms with Crippen LogP contribution in [0.2, 0.25) is 0 Å². The van der Waals surface area contributed by atoms with Gasteiger partial charge in [-0.3, -0.25) is 4.79 Å². The van der Waals surface area contributed by atoms with Gasteiger partial charge < -0.3 is 29.4 Å². The summed E-state index contributed by atoms with van der Waals surface area (Å²) >= 11 is 0. The van der Waals surface area contributed by atoms with E-state index in [0.29, 0.717) is 0 Å². The Morgan fingerprint density at radius 2 is 2.04 bits per heavy atom. The summed E-state index contributed by atoms with van der Waals surface area (Å²) in [4.78, 5) is 11.4. The Bertz CT molecular complexity index is 539. The molecule has 2 heterocycles. The fraction of sp³-hybridized carbons (Fsp3) is 0.562. The number of ether oxygens (including phenoxy) is 4. The van der Waals surface area contributed by atoms with E-state index in [-0.39, 0.29) is 12.5 Å². The van der Waals surface area contributed by atoms with Gasteiger partial charge in [0.05, 0.1) is 6.61 Å². The Hall–Kier alpha value is -1.51. The molecular weight excluding hydrogens is 302 g/mol. The van der Waals surface area contributed by atoms with Gasteiger partial charge in [-0.1, -0.05) is 30.3 Å². The molecular formula is C16H21NO6. The highest BCUT2D eigenvalue weighted by Gasteiger charge is 2.49. The minimum atomic E-state index is -0.960. The molecule has 0 radical (unpaired) electrons. The Kier molecular flexibility index (Phi) is 4.93. The number of hydrogen-bond donors (Lipinski definition) is 2. The zero-order valence-corrected chi connectivity index (χ0v) is 13.0. The Morgan fingerprint density at radius 1 is 1.30 bits per heavy atom. The average Bonchev–Trinajstić information content (AvgIpc) is 2.57. The highest BCUT2D eigenvalue weighted by molar-refractivity contribution is 5.73. The van der Waals surface area contributed by atoms with Crippen LogP contribution in [0, 0.1) is 0 Å². The van der Waals surface area contributed by atoms with E-state index in [1.165, 1.54) is 14.0 Å². The summed E-state index contributed by atoms with van der Waals surface area (Å²) in [6.07, 6.45) is -3.36. The number of carbonyl (C=O) groups is 1. The molecule has 6 atom stereocenters. The summed E-state index contributed by atoms with van der Waals surface area (Å²) < 4.78 is 22.6. The van der Waals surface area contributed by atoms with Gasteiger partial charge in [-0.25, -0.2) is 0 Å². The second-order valence-corrected chi connectivity index (χ2v) is 5.67. The minimum Gasteiger partial charge on any atom is -0.388 e. The molecule has 7 nitrogen and oxygen atoms in total. The van der Waals surface area contributed by atoms with Crippen LogP contribution in [0.1, 0.15) is 18.8 Å². The van der Waals surface area contributed by atoms with E-state index in [0.717, 1.165) is 5.56 Å². The number of methoxy groups -OCH3 is 1. The third-order valence-electron chi connectivity index (χ3n) is 4.04. The molecule has 2 aliphatic heterocycles. The van der Waals surface area contributed by atoms with Crippen LogP contribution in [0.15, 0.2) is 30.3 Å². The van der Waals surface area contributed by atoms with E-state index >= 15 is 0 Å². The summed E-state index contributed by atoms with van der Waals surface area (Å²) in [6.45, 7) is 1.65. The molecule has 7 heteroatoms. The fourth-order valence-corrected chi connectivity index (χ4v) is 2.96. The maximum atomic E-state index is 11.4. The van der Waals surface area contributed by atoms with Gasteiger partial charge >= 0.3 is 0 Å². The van der Waals surface area contributed by atoms with Crippen molar-refractivity contribution in [3.63, 3.8) is 0 Å². The number of fused-ring (bicyclic) bond motifs is 1. The zero-order chi connectivity index (χ0) is 16.4. The second-order valence-electron chi connectivity index (χ2n) is 5.67. The molecule has 1 aromatic rings. The monoisotopic (exact) mass is 323 g/mol. The van der Waals surface area contributed by atoms with Crippen molar-refractivity contribution in [2.45, 2.75) is 43.9 Å². The molecule has 126 valence electrons. The predicted octanol–water partition coefficient (Wildman–Crippen LogP) is 0.337. The molecule has 23 heavy (non-hydrogen) atoms. The third-order valence-corrected chi connectivity index (χ3v) is 4.04. The SMILES string of the molecule is CO[C@H]1O[C@@H]2CO[C@@H](c3ccccc3)O[C@H]2[C@H](O)[C@H]1NC(C)=O. The van der Waals surface area contributed by atoms with Crippen molar-refractivity contribution in [2.24, 2.45) is 0 Å². The van der Waals surface area contributed by atoms with Gasteiger partial charge in [0.2, 0.25) is 5.91 Å². The van der Waals surface area contributed by atoms with Crippen LogP contribution in [-0.2, 0) is 23.7 Å². The van der Waals surface area contributed by atoms with Crippen LogP contribution in [0.25, 0.3) is 0 Å².